The molecule has 1 aliphatic carbocycles. The lowest BCUT2D eigenvalue weighted by molar-refractivity contribution is 0.232. The Morgan fingerprint density at radius 1 is 1.05 bits per heavy atom. The number of ether oxygens (including phenoxy) is 1. The van der Waals surface area contributed by atoms with Crippen LogP contribution in [0.1, 0.15) is 79.7 Å². The summed E-state index contributed by atoms with van der Waals surface area (Å²) in [6.45, 7) is 22.7. The van der Waals surface area contributed by atoms with Crippen LogP contribution >= 0.6 is 11.6 Å². The molecule has 0 spiro atoms. The maximum Gasteiger partial charge on any atom is 0.165 e. The summed E-state index contributed by atoms with van der Waals surface area (Å²) in [5, 5.41) is 0.991. The molecule has 1 heterocycles. The number of halogens is 1. The van der Waals surface area contributed by atoms with Crippen molar-refractivity contribution in [2.45, 2.75) is 86.7 Å². The third-order valence-electron chi connectivity index (χ3n) is 6.88. The molecule has 216 valence electrons. The van der Waals surface area contributed by atoms with Gasteiger partial charge in [-0.2, -0.15) is 0 Å². The zero-order valence-corrected chi connectivity index (χ0v) is 26.8. The molecule has 0 amide bonds. The fraction of sp³-hybridized carbons (Fsp3) is 0.529. The van der Waals surface area contributed by atoms with E-state index in [2.05, 4.69) is 99.5 Å². The van der Waals surface area contributed by atoms with Gasteiger partial charge in [0.1, 0.15) is 0 Å². The molecule has 1 saturated heterocycles. The van der Waals surface area contributed by atoms with Gasteiger partial charge in [-0.15, -0.1) is 0 Å². The molecule has 1 aliphatic heterocycles. The third kappa shape index (κ3) is 9.61. The minimum absolute atomic E-state index is 0.521. The Morgan fingerprint density at radius 2 is 1.64 bits per heavy atom. The van der Waals surface area contributed by atoms with Crippen molar-refractivity contribution in [2.75, 3.05) is 33.8 Å². The van der Waals surface area contributed by atoms with Crippen LogP contribution in [0.4, 0.5) is 0 Å². The summed E-state index contributed by atoms with van der Waals surface area (Å²) in [6, 6.07) is 11.1. The highest BCUT2D eigenvalue weighted by Crippen LogP contribution is 2.38. The molecule has 3 rings (SSSR count). The van der Waals surface area contributed by atoms with Crippen LogP contribution in [0.15, 0.2) is 87.6 Å². The van der Waals surface area contributed by atoms with Crippen LogP contribution in [0.2, 0.25) is 0 Å². The molecule has 0 unspecified atom stereocenters. The minimum Gasteiger partial charge on any atom is -0.492 e. The molecule has 0 atom stereocenters. The zero-order valence-electron chi connectivity index (χ0n) is 26.0. The van der Waals surface area contributed by atoms with Gasteiger partial charge in [-0.05, 0) is 84.1 Å². The molecule has 0 aromatic heterocycles. The molecule has 5 heteroatoms. The molecule has 0 bridgehead atoms. The maximum absolute atomic E-state index is 6.87. The molecule has 1 aromatic carbocycles. The van der Waals surface area contributed by atoms with Gasteiger partial charge in [0.25, 0.3) is 0 Å². The summed E-state index contributed by atoms with van der Waals surface area (Å²) in [4.78, 5) is 7.17. The molecular formula is C34H52ClN3O. The summed E-state index contributed by atoms with van der Waals surface area (Å²) < 4.78 is 6.18. The molecule has 1 aromatic rings. The van der Waals surface area contributed by atoms with Crippen molar-refractivity contribution in [3.05, 3.63) is 93.2 Å². The van der Waals surface area contributed by atoms with E-state index in [4.69, 9.17) is 16.3 Å². The average molecular weight is 554 g/mol. The van der Waals surface area contributed by atoms with E-state index in [0.717, 1.165) is 61.1 Å². The number of likely N-dealkylation sites (tertiary alicyclic amines) is 1. The van der Waals surface area contributed by atoms with E-state index in [-0.39, 0.29) is 0 Å². The van der Waals surface area contributed by atoms with E-state index in [0.29, 0.717) is 6.04 Å². The van der Waals surface area contributed by atoms with Crippen molar-refractivity contribution < 1.29 is 4.74 Å². The average Bonchev–Trinajstić information content (AvgIpc) is 3.74. The van der Waals surface area contributed by atoms with Crippen molar-refractivity contribution >= 4 is 11.6 Å². The Labute approximate surface area is 244 Å². The Morgan fingerprint density at radius 3 is 2.10 bits per heavy atom. The van der Waals surface area contributed by atoms with Gasteiger partial charge in [0.2, 0.25) is 0 Å². The van der Waals surface area contributed by atoms with Crippen molar-refractivity contribution in [2.24, 2.45) is 0 Å². The summed E-state index contributed by atoms with van der Waals surface area (Å²) >= 11 is 6.87. The first-order valence-corrected chi connectivity index (χ1v) is 14.9. The summed E-state index contributed by atoms with van der Waals surface area (Å²) in [5.74, 6) is 0.929. The van der Waals surface area contributed by atoms with E-state index in [1.165, 1.54) is 40.8 Å². The Bertz CT molecular complexity index is 1060. The van der Waals surface area contributed by atoms with Gasteiger partial charge in [0.15, 0.2) is 5.76 Å². The molecule has 39 heavy (non-hydrogen) atoms. The van der Waals surface area contributed by atoms with E-state index in [9.17, 15) is 0 Å². The maximum atomic E-state index is 6.87. The molecule has 4 nitrogen and oxygen atoms in total. The Kier molecular flexibility index (Phi) is 13.4. The van der Waals surface area contributed by atoms with Crippen molar-refractivity contribution in [1.82, 2.24) is 14.7 Å². The van der Waals surface area contributed by atoms with Gasteiger partial charge in [-0.1, -0.05) is 73.5 Å². The van der Waals surface area contributed by atoms with Crippen molar-refractivity contribution in [3.8, 4) is 0 Å². The summed E-state index contributed by atoms with van der Waals surface area (Å²) in [6.07, 6.45) is 6.60. The predicted octanol–water partition coefficient (Wildman–Crippen LogP) is 8.85. The highest BCUT2D eigenvalue weighted by molar-refractivity contribution is 6.30. The van der Waals surface area contributed by atoms with Gasteiger partial charge in [0, 0.05) is 43.5 Å². The first-order valence-electron chi connectivity index (χ1n) is 14.5. The number of likely N-dealkylation sites (N-methyl/N-ethyl adjacent to an activating group) is 1. The lowest BCUT2D eigenvalue weighted by atomic mass is 10.00. The first-order chi connectivity index (χ1) is 18.6. The topological polar surface area (TPSA) is 19.0 Å². The Hall–Kier alpha value is -2.43. The first kappa shape index (κ1) is 32.8. The number of nitrogens with zero attached hydrogens (tertiary/aromatic N) is 3. The summed E-state index contributed by atoms with van der Waals surface area (Å²) in [7, 11) is 3.93. The quantitative estimate of drug-likeness (QED) is 0.201. The highest BCUT2D eigenvalue weighted by Gasteiger charge is 2.33. The van der Waals surface area contributed by atoms with E-state index >= 15 is 0 Å². The van der Waals surface area contributed by atoms with E-state index in [1.54, 1.807) is 7.11 Å². The molecular weight excluding hydrogens is 502 g/mol. The minimum atomic E-state index is 0.521. The smallest absolute Gasteiger partial charge is 0.165 e. The number of methoxy groups -OCH3 is 1. The van der Waals surface area contributed by atoms with Gasteiger partial charge in [-0.25, -0.2) is 0 Å². The second-order valence-corrected chi connectivity index (χ2v) is 11.5. The lowest BCUT2D eigenvalue weighted by Crippen LogP contribution is -2.34. The second kappa shape index (κ2) is 16.0. The number of rotatable bonds is 11. The van der Waals surface area contributed by atoms with Gasteiger partial charge < -0.3 is 14.5 Å². The lowest BCUT2D eigenvalue weighted by Gasteiger charge is -2.36. The normalized spacial score (nSPS) is 15.6. The van der Waals surface area contributed by atoms with Crippen LogP contribution in [0.3, 0.4) is 0 Å². The fourth-order valence-electron chi connectivity index (χ4n) is 5.08. The molecule has 2 fully saturated rings. The van der Waals surface area contributed by atoms with Crippen LogP contribution in [0.5, 0.6) is 0 Å². The largest absolute Gasteiger partial charge is 0.492 e. The summed E-state index contributed by atoms with van der Waals surface area (Å²) in [5.41, 5.74) is 8.53. The van der Waals surface area contributed by atoms with Gasteiger partial charge >= 0.3 is 0 Å². The molecule has 1 saturated carbocycles. The van der Waals surface area contributed by atoms with Gasteiger partial charge in [-0.3, -0.25) is 4.90 Å². The highest BCUT2D eigenvalue weighted by atomic mass is 35.5. The Balaban J connectivity index is 0.00000260. The molecule has 0 radical (unpaired) electrons. The number of benzene rings is 1. The van der Waals surface area contributed by atoms with Crippen LogP contribution in [0, 0.1) is 0 Å². The van der Waals surface area contributed by atoms with E-state index in [1.807, 2.05) is 13.8 Å². The monoisotopic (exact) mass is 553 g/mol. The fourth-order valence-corrected chi connectivity index (χ4v) is 5.47. The predicted molar refractivity (Wildman–Crippen MR) is 169 cm³/mol. The van der Waals surface area contributed by atoms with Crippen LogP contribution in [0.25, 0.3) is 0 Å². The van der Waals surface area contributed by atoms with Crippen LogP contribution < -0.4 is 0 Å². The van der Waals surface area contributed by atoms with Crippen molar-refractivity contribution in [3.63, 3.8) is 0 Å². The third-order valence-corrected chi connectivity index (χ3v) is 7.27. The van der Waals surface area contributed by atoms with Crippen molar-refractivity contribution in [1.29, 1.82) is 0 Å². The molecule has 0 N–H and O–H groups in total. The van der Waals surface area contributed by atoms with Crippen LogP contribution in [-0.2, 0) is 11.3 Å². The molecule has 2 aliphatic rings. The van der Waals surface area contributed by atoms with E-state index < -0.39 is 0 Å². The van der Waals surface area contributed by atoms with Crippen LogP contribution in [-0.4, -0.2) is 54.5 Å². The van der Waals surface area contributed by atoms with Gasteiger partial charge in [0.05, 0.1) is 18.5 Å². The SMILES string of the molecule is C=C(C)/C(=C(/OC)C(=C(C)C)N1CCC(=C(Cl)CN(C)Cc2ccccc2)CC1)N(C=C(C)C)C1CC1.CC. The number of hydrogen-bond acceptors (Lipinski definition) is 4. The second-order valence-electron chi connectivity index (χ2n) is 11.0. The number of piperidine rings is 1. The zero-order chi connectivity index (χ0) is 29.1. The standard InChI is InChI=1S/C32H46ClN3O.C2H6/c1-23(2)20-36(28-14-15-28)31(25(5)6)32(37-8)30(24(3)4)35-18-16-27(17-19-35)29(33)22-34(7)21-26-12-10-9-11-13-26;1-2/h9-13,20,28H,5,14-19,21-22H2,1-4,6-8H3;1-2H3/b32-31-;. The number of hydrogen-bond donors (Lipinski definition) is 0. The number of allylic oxidation sites excluding steroid dienone is 3.